The largest absolute Gasteiger partial charge is 0.492 e. The Morgan fingerprint density at radius 2 is 1.93 bits per heavy atom. The Morgan fingerprint density at radius 1 is 1.21 bits per heavy atom. The highest BCUT2D eigenvalue weighted by molar-refractivity contribution is 9.10. The summed E-state index contributed by atoms with van der Waals surface area (Å²) in [6.45, 7) is 4.25. The van der Waals surface area contributed by atoms with Crippen LogP contribution in [0.5, 0.6) is 5.75 Å². The topological polar surface area (TPSA) is 90.3 Å². The Morgan fingerprint density at radius 3 is 2.62 bits per heavy atom. The number of carbonyl (C=O) groups excluding carboxylic acids is 1. The fourth-order valence-electron chi connectivity index (χ4n) is 2.78. The molecule has 2 aromatic carbocycles. The van der Waals surface area contributed by atoms with Crippen LogP contribution >= 0.6 is 15.9 Å². The van der Waals surface area contributed by atoms with Crippen LogP contribution in [0, 0.1) is 6.92 Å². The monoisotopic (exact) mass is 477 g/mol. The van der Waals surface area contributed by atoms with Crippen molar-refractivity contribution in [3.8, 4) is 5.75 Å². The van der Waals surface area contributed by atoms with E-state index in [9.17, 15) is 13.2 Å². The minimum absolute atomic E-state index is 0.114. The number of hydrogen-bond acceptors (Lipinski definition) is 5. The highest BCUT2D eigenvalue weighted by Crippen LogP contribution is 2.27. The van der Waals surface area contributed by atoms with Gasteiger partial charge in [0.2, 0.25) is 0 Å². The van der Waals surface area contributed by atoms with Gasteiger partial charge in [-0.25, -0.2) is 13.1 Å². The normalized spacial score (nSPS) is 11.3. The standard InChI is InChI=1S/C20H20BrN3O4S/c1-3-28-18-10-9-16(21)11-19(18)29(26,27)23-20(25)17-12-22-24(14(17)2)13-15-7-5-4-6-8-15/h4-12H,3,13H2,1-2H3,(H,23,25). The number of nitrogens with one attached hydrogen (secondary N) is 1. The van der Waals surface area contributed by atoms with E-state index < -0.39 is 15.9 Å². The lowest BCUT2D eigenvalue weighted by Crippen LogP contribution is -2.31. The van der Waals surface area contributed by atoms with E-state index >= 15 is 0 Å². The molecule has 1 aromatic heterocycles. The molecule has 0 radical (unpaired) electrons. The van der Waals surface area contributed by atoms with Gasteiger partial charge >= 0.3 is 0 Å². The number of benzene rings is 2. The fraction of sp³-hybridized carbons (Fsp3) is 0.200. The zero-order valence-electron chi connectivity index (χ0n) is 15.9. The molecule has 0 saturated heterocycles. The average Bonchev–Trinajstić information content (AvgIpc) is 3.04. The SMILES string of the molecule is CCOc1ccc(Br)cc1S(=O)(=O)NC(=O)c1cnn(Cc2ccccc2)c1C. The van der Waals surface area contributed by atoms with Gasteiger partial charge in [0.05, 0.1) is 24.9 Å². The summed E-state index contributed by atoms with van der Waals surface area (Å²) in [5, 5.41) is 4.22. The van der Waals surface area contributed by atoms with Crippen molar-refractivity contribution in [1.82, 2.24) is 14.5 Å². The van der Waals surface area contributed by atoms with Crippen LogP contribution in [-0.4, -0.2) is 30.7 Å². The van der Waals surface area contributed by atoms with Crippen molar-refractivity contribution in [2.75, 3.05) is 6.61 Å². The number of carbonyl (C=O) groups is 1. The molecule has 1 N–H and O–H groups in total. The highest BCUT2D eigenvalue weighted by Gasteiger charge is 2.25. The van der Waals surface area contributed by atoms with Gasteiger partial charge in [-0.15, -0.1) is 0 Å². The van der Waals surface area contributed by atoms with Crippen LogP contribution in [0.4, 0.5) is 0 Å². The molecule has 0 unspecified atom stereocenters. The molecule has 1 heterocycles. The maximum absolute atomic E-state index is 12.8. The highest BCUT2D eigenvalue weighted by atomic mass is 79.9. The summed E-state index contributed by atoms with van der Waals surface area (Å²) >= 11 is 3.25. The van der Waals surface area contributed by atoms with Crippen LogP contribution < -0.4 is 9.46 Å². The van der Waals surface area contributed by atoms with Crippen molar-refractivity contribution in [2.24, 2.45) is 0 Å². The minimum atomic E-state index is -4.14. The van der Waals surface area contributed by atoms with Crippen LogP contribution in [-0.2, 0) is 16.6 Å². The Hall–Kier alpha value is -2.65. The zero-order valence-corrected chi connectivity index (χ0v) is 18.3. The average molecular weight is 478 g/mol. The van der Waals surface area contributed by atoms with Gasteiger partial charge in [-0.05, 0) is 37.6 Å². The van der Waals surface area contributed by atoms with E-state index in [0.29, 0.717) is 23.3 Å². The van der Waals surface area contributed by atoms with Crippen LogP contribution in [0.25, 0.3) is 0 Å². The maximum Gasteiger partial charge on any atom is 0.268 e. The summed E-state index contributed by atoms with van der Waals surface area (Å²) < 4.78 is 35.3. The number of ether oxygens (including phenoxy) is 1. The number of rotatable bonds is 7. The van der Waals surface area contributed by atoms with Crippen LogP contribution in [0.1, 0.15) is 28.5 Å². The molecule has 0 bridgehead atoms. The molecule has 152 valence electrons. The molecule has 0 spiro atoms. The number of aromatic nitrogens is 2. The summed E-state index contributed by atoms with van der Waals surface area (Å²) in [6.07, 6.45) is 1.37. The summed E-state index contributed by atoms with van der Waals surface area (Å²) in [4.78, 5) is 12.6. The zero-order chi connectivity index (χ0) is 21.0. The first-order valence-corrected chi connectivity index (χ1v) is 11.1. The number of hydrogen-bond donors (Lipinski definition) is 1. The van der Waals surface area contributed by atoms with E-state index in [1.165, 1.54) is 18.3 Å². The van der Waals surface area contributed by atoms with E-state index in [-0.39, 0.29) is 16.2 Å². The Labute approximate surface area is 177 Å². The van der Waals surface area contributed by atoms with E-state index in [1.54, 1.807) is 24.6 Å². The molecule has 0 aliphatic carbocycles. The van der Waals surface area contributed by atoms with E-state index in [0.717, 1.165) is 5.56 Å². The lowest BCUT2D eigenvalue weighted by atomic mass is 10.2. The summed E-state index contributed by atoms with van der Waals surface area (Å²) in [5.74, 6) is -0.572. The van der Waals surface area contributed by atoms with Gasteiger partial charge in [-0.1, -0.05) is 46.3 Å². The quantitative estimate of drug-likeness (QED) is 0.561. The molecular formula is C20H20BrN3O4S. The number of sulfonamides is 1. The van der Waals surface area contributed by atoms with Gasteiger partial charge in [0, 0.05) is 10.2 Å². The Kier molecular flexibility index (Phi) is 6.39. The molecule has 0 atom stereocenters. The van der Waals surface area contributed by atoms with Crippen LogP contribution in [0.3, 0.4) is 0 Å². The third-order valence-corrected chi connectivity index (χ3v) is 6.09. The fourth-order valence-corrected chi connectivity index (χ4v) is 4.43. The second-order valence-electron chi connectivity index (χ2n) is 6.25. The summed E-state index contributed by atoms with van der Waals surface area (Å²) in [6, 6.07) is 14.3. The molecule has 9 heteroatoms. The molecule has 3 rings (SSSR count). The first kappa shape index (κ1) is 21.1. The van der Waals surface area contributed by atoms with Gasteiger partial charge in [0.25, 0.3) is 15.9 Å². The maximum atomic E-state index is 12.8. The lowest BCUT2D eigenvalue weighted by molar-refractivity contribution is 0.0980. The molecule has 29 heavy (non-hydrogen) atoms. The lowest BCUT2D eigenvalue weighted by Gasteiger charge is -2.12. The van der Waals surface area contributed by atoms with Crippen LogP contribution in [0.15, 0.2) is 64.1 Å². The molecule has 1 amide bonds. The molecule has 0 aliphatic rings. The van der Waals surface area contributed by atoms with Gasteiger partial charge in [-0.3, -0.25) is 9.48 Å². The van der Waals surface area contributed by atoms with Crippen molar-refractivity contribution in [1.29, 1.82) is 0 Å². The number of nitrogens with zero attached hydrogens (tertiary/aromatic N) is 2. The third-order valence-electron chi connectivity index (χ3n) is 4.25. The number of amides is 1. The number of halogens is 1. The minimum Gasteiger partial charge on any atom is -0.492 e. The first-order chi connectivity index (χ1) is 13.8. The smallest absolute Gasteiger partial charge is 0.268 e. The summed E-state index contributed by atoms with van der Waals surface area (Å²) in [5.41, 5.74) is 1.78. The summed E-state index contributed by atoms with van der Waals surface area (Å²) in [7, 11) is -4.14. The molecule has 0 saturated carbocycles. The second-order valence-corrected chi connectivity index (χ2v) is 8.81. The van der Waals surface area contributed by atoms with Crippen molar-refractivity contribution < 1.29 is 17.9 Å². The Balaban J connectivity index is 1.84. The molecule has 0 fully saturated rings. The predicted molar refractivity (Wildman–Crippen MR) is 112 cm³/mol. The van der Waals surface area contributed by atoms with Gasteiger partial charge in [0.15, 0.2) is 0 Å². The van der Waals surface area contributed by atoms with Crippen molar-refractivity contribution in [3.05, 3.63) is 76.0 Å². The van der Waals surface area contributed by atoms with Gasteiger partial charge in [0.1, 0.15) is 10.6 Å². The van der Waals surface area contributed by atoms with E-state index in [1.807, 2.05) is 30.3 Å². The van der Waals surface area contributed by atoms with Crippen molar-refractivity contribution in [2.45, 2.75) is 25.3 Å². The molecule has 7 nitrogen and oxygen atoms in total. The van der Waals surface area contributed by atoms with Crippen molar-refractivity contribution in [3.63, 3.8) is 0 Å². The second kappa shape index (κ2) is 8.79. The first-order valence-electron chi connectivity index (χ1n) is 8.87. The predicted octanol–water partition coefficient (Wildman–Crippen LogP) is 3.52. The molecule has 0 aliphatic heterocycles. The van der Waals surface area contributed by atoms with Crippen LogP contribution in [0.2, 0.25) is 0 Å². The van der Waals surface area contributed by atoms with Gasteiger partial charge < -0.3 is 4.74 Å². The van der Waals surface area contributed by atoms with E-state index in [4.69, 9.17) is 4.74 Å². The van der Waals surface area contributed by atoms with Gasteiger partial charge in [-0.2, -0.15) is 5.10 Å². The third kappa shape index (κ3) is 4.86. The Bertz CT molecular complexity index is 1130. The molecule has 3 aromatic rings. The van der Waals surface area contributed by atoms with E-state index in [2.05, 4.69) is 25.8 Å². The van der Waals surface area contributed by atoms with Crippen molar-refractivity contribution >= 4 is 31.9 Å². The molecular weight excluding hydrogens is 458 g/mol.